The van der Waals surface area contributed by atoms with Crippen molar-refractivity contribution in [2.75, 3.05) is 32.2 Å². The normalized spacial score (nSPS) is 16.6. The number of nitrogens with zero attached hydrogens (tertiary/aromatic N) is 3. The highest BCUT2D eigenvalue weighted by atomic mass is 16.5. The molecule has 27 heavy (non-hydrogen) atoms. The highest BCUT2D eigenvalue weighted by molar-refractivity contribution is 5.92. The van der Waals surface area contributed by atoms with Crippen molar-refractivity contribution in [3.8, 4) is 17.2 Å². The molecule has 6 nitrogen and oxygen atoms in total. The predicted octanol–water partition coefficient (Wildman–Crippen LogP) is 3.61. The molecule has 3 aromatic rings. The quantitative estimate of drug-likeness (QED) is 0.688. The van der Waals surface area contributed by atoms with Gasteiger partial charge < -0.3 is 19.1 Å². The fourth-order valence-corrected chi connectivity index (χ4v) is 3.51. The van der Waals surface area contributed by atoms with Gasteiger partial charge in [-0.3, -0.25) is 0 Å². The highest BCUT2D eigenvalue weighted by Crippen LogP contribution is 2.35. The molecule has 0 unspecified atom stereocenters. The third kappa shape index (κ3) is 3.35. The van der Waals surface area contributed by atoms with Gasteiger partial charge in [-0.25, -0.2) is 9.97 Å². The Hall–Kier alpha value is -3.02. The van der Waals surface area contributed by atoms with Gasteiger partial charge in [-0.05, 0) is 24.6 Å². The largest absolute Gasteiger partial charge is 0.493 e. The van der Waals surface area contributed by atoms with Crippen LogP contribution in [0.4, 0.5) is 5.82 Å². The van der Waals surface area contributed by atoms with E-state index in [1.54, 1.807) is 20.5 Å². The number of methoxy groups -OCH3 is 2. The minimum atomic E-state index is 0.135. The van der Waals surface area contributed by atoms with Crippen molar-refractivity contribution in [2.45, 2.75) is 19.4 Å². The summed E-state index contributed by atoms with van der Waals surface area (Å²) in [7, 11) is 3.26. The minimum Gasteiger partial charge on any atom is -0.493 e. The maximum Gasteiger partial charge on any atom is 0.162 e. The van der Waals surface area contributed by atoms with Crippen molar-refractivity contribution in [1.82, 2.24) is 9.97 Å². The molecule has 4 rings (SSSR count). The number of rotatable bonds is 5. The van der Waals surface area contributed by atoms with E-state index in [1.165, 1.54) is 0 Å². The van der Waals surface area contributed by atoms with Gasteiger partial charge in [0.1, 0.15) is 24.0 Å². The minimum absolute atomic E-state index is 0.135. The Kier molecular flexibility index (Phi) is 4.71. The molecule has 0 spiro atoms. The molecule has 2 aromatic carbocycles. The first-order chi connectivity index (χ1) is 13.2. The number of benzene rings is 2. The first-order valence-corrected chi connectivity index (χ1v) is 9.03. The molecule has 6 heteroatoms. The van der Waals surface area contributed by atoms with Crippen molar-refractivity contribution < 1.29 is 14.2 Å². The number of anilines is 1. The molecule has 1 aromatic heterocycles. The van der Waals surface area contributed by atoms with Crippen LogP contribution in [0, 0.1) is 6.92 Å². The molecule has 0 amide bonds. The van der Waals surface area contributed by atoms with E-state index in [0.717, 1.165) is 47.5 Å². The standard InChI is InChI=1S/C21H23N3O3/c1-14-6-4-5-7-18(14)27-15-8-9-24(12-15)21-16-10-19(25-2)20(26-3)11-17(16)22-13-23-21/h4-7,10-11,13,15H,8-9,12H2,1-3H3/t15-/m1/s1. The zero-order valence-electron chi connectivity index (χ0n) is 15.8. The van der Waals surface area contributed by atoms with Crippen LogP contribution in [0.1, 0.15) is 12.0 Å². The summed E-state index contributed by atoms with van der Waals surface area (Å²) in [4.78, 5) is 11.2. The van der Waals surface area contributed by atoms with E-state index in [9.17, 15) is 0 Å². The smallest absolute Gasteiger partial charge is 0.162 e. The topological polar surface area (TPSA) is 56.7 Å². The van der Waals surface area contributed by atoms with Crippen LogP contribution < -0.4 is 19.1 Å². The summed E-state index contributed by atoms with van der Waals surface area (Å²) in [6, 6.07) is 12.0. The second-order valence-electron chi connectivity index (χ2n) is 6.66. The number of ether oxygens (including phenoxy) is 3. The van der Waals surface area contributed by atoms with Gasteiger partial charge in [-0.1, -0.05) is 18.2 Å². The Labute approximate surface area is 158 Å². The first kappa shape index (κ1) is 17.4. The molecule has 1 aliphatic rings. The second-order valence-corrected chi connectivity index (χ2v) is 6.66. The van der Waals surface area contributed by atoms with E-state index in [2.05, 4.69) is 27.9 Å². The summed E-state index contributed by atoms with van der Waals surface area (Å²) in [6.07, 6.45) is 2.68. The Morgan fingerprint density at radius 3 is 2.56 bits per heavy atom. The number of hydrogen-bond donors (Lipinski definition) is 0. The van der Waals surface area contributed by atoms with Gasteiger partial charge in [0.25, 0.3) is 0 Å². The molecule has 2 heterocycles. The molecular weight excluding hydrogens is 342 g/mol. The summed E-state index contributed by atoms with van der Waals surface area (Å²) in [5.74, 6) is 3.19. The molecule has 0 aliphatic carbocycles. The molecule has 0 bridgehead atoms. The van der Waals surface area contributed by atoms with Crippen molar-refractivity contribution in [1.29, 1.82) is 0 Å². The van der Waals surface area contributed by atoms with Gasteiger partial charge in [0, 0.05) is 24.4 Å². The SMILES string of the molecule is COc1cc2ncnc(N3CC[C@@H](Oc4ccccc4C)C3)c2cc1OC. The molecule has 1 aliphatic heterocycles. The van der Waals surface area contributed by atoms with Gasteiger partial charge in [0.15, 0.2) is 11.5 Å². The Morgan fingerprint density at radius 1 is 1.00 bits per heavy atom. The van der Waals surface area contributed by atoms with Crippen LogP contribution in [-0.2, 0) is 0 Å². The molecule has 1 saturated heterocycles. The average Bonchev–Trinajstić information content (AvgIpc) is 3.16. The van der Waals surface area contributed by atoms with Gasteiger partial charge >= 0.3 is 0 Å². The number of para-hydroxylation sites is 1. The number of hydrogen-bond acceptors (Lipinski definition) is 6. The lowest BCUT2D eigenvalue weighted by Crippen LogP contribution is -2.25. The first-order valence-electron chi connectivity index (χ1n) is 9.03. The van der Waals surface area contributed by atoms with Crippen molar-refractivity contribution >= 4 is 16.7 Å². The van der Waals surface area contributed by atoms with E-state index < -0.39 is 0 Å². The summed E-state index contributed by atoms with van der Waals surface area (Å²) in [5.41, 5.74) is 1.99. The van der Waals surface area contributed by atoms with E-state index in [0.29, 0.717) is 11.5 Å². The monoisotopic (exact) mass is 365 g/mol. The van der Waals surface area contributed by atoms with E-state index in [1.807, 2.05) is 30.3 Å². The summed E-state index contributed by atoms with van der Waals surface area (Å²) >= 11 is 0. The summed E-state index contributed by atoms with van der Waals surface area (Å²) in [6.45, 7) is 3.74. The molecule has 1 fully saturated rings. The van der Waals surface area contributed by atoms with Crippen molar-refractivity contribution in [3.63, 3.8) is 0 Å². The van der Waals surface area contributed by atoms with Gasteiger partial charge in [0.2, 0.25) is 0 Å². The summed E-state index contributed by atoms with van der Waals surface area (Å²) < 4.78 is 17.1. The van der Waals surface area contributed by atoms with Crippen molar-refractivity contribution in [2.24, 2.45) is 0 Å². The van der Waals surface area contributed by atoms with Gasteiger partial charge in [-0.2, -0.15) is 0 Å². The Bertz CT molecular complexity index is 961. The summed E-state index contributed by atoms with van der Waals surface area (Å²) in [5, 5.41) is 0.951. The molecule has 0 saturated carbocycles. The van der Waals surface area contributed by atoms with Gasteiger partial charge in [-0.15, -0.1) is 0 Å². The maximum absolute atomic E-state index is 6.22. The van der Waals surface area contributed by atoms with E-state index in [-0.39, 0.29) is 6.10 Å². The molecular formula is C21H23N3O3. The van der Waals surface area contributed by atoms with Gasteiger partial charge in [0.05, 0.1) is 26.3 Å². The van der Waals surface area contributed by atoms with Crippen LogP contribution in [0.15, 0.2) is 42.7 Å². The second kappa shape index (κ2) is 7.31. The van der Waals surface area contributed by atoms with Crippen molar-refractivity contribution in [3.05, 3.63) is 48.3 Å². The predicted molar refractivity (Wildman–Crippen MR) is 105 cm³/mol. The average molecular weight is 365 g/mol. The zero-order chi connectivity index (χ0) is 18.8. The van der Waals surface area contributed by atoms with Crippen LogP contribution in [0.25, 0.3) is 10.9 Å². The van der Waals surface area contributed by atoms with E-state index in [4.69, 9.17) is 14.2 Å². The fraction of sp³-hybridized carbons (Fsp3) is 0.333. The number of fused-ring (bicyclic) bond motifs is 1. The van der Waals surface area contributed by atoms with Crippen LogP contribution in [-0.4, -0.2) is 43.4 Å². The molecule has 1 atom stereocenters. The molecule has 0 radical (unpaired) electrons. The molecule has 140 valence electrons. The lowest BCUT2D eigenvalue weighted by Gasteiger charge is -2.20. The van der Waals surface area contributed by atoms with Crippen LogP contribution >= 0.6 is 0 Å². The zero-order valence-corrected chi connectivity index (χ0v) is 15.8. The number of aryl methyl sites for hydroxylation is 1. The Balaban J connectivity index is 1.60. The Morgan fingerprint density at radius 2 is 1.78 bits per heavy atom. The van der Waals surface area contributed by atoms with Crippen LogP contribution in [0.5, 0.6) is 17.2 Å². The third-order valence-corrected chi connectivity index (χ3v) is 4.95. The van der Waals surface area contributed by atoms with Crippen LogP contribution in [0.2, 0.25) is 0 Å². The third-order valence-electron chi connectivity index (χ3n) is 4.95. The number of aromatic nitrogens is 2. The molecule has 0 N–H and O–H groups in total. The lowest BCUT2D eigenvalue weighted by atomic mass is 10.2. The lowest BCUT2D eigenvalue weighted by molar-refractivity contribution is 0.223. The maximum atomic E-state index is 6.22. The van der Waals surface area contributed by atoms with E-state index >= 15 is 0 Å². The highest BCUT2D eigenvalue weighted by Gasteiger charge is 2.27. The van der Waals surface area contributed by atoms with Crippen LogP contribution in [0.3, 0.4) is 0 Å². The fourth-order valence-electron chi connectivity index (χ4n) is 3.51.